The number of aromatic hydroxyl groups is 4. The molecule has 62 heavy (non-hydrogen) atoms. The van der Waals surface area contributed by atoms with Gasteiger partial charge >= 0.3 is 5.97 Å². The summed E-state index contributed by atoms with van der Waals surface area (Å²) in [5.41, 5.74) is 3.34. The van der Waals surface area contributed by atoms with E-state index in [-0.39, 0.29) is 40.9 Å². The molecule has 0 aliphatic rings. The van der Waals surface area contributed by atoms with Crippen LogP contribution in [0.3, 0.4) is 0 Å². The van der Waals surface area contributed by atoms with Crippen molar-refractivity contribution in [1.29, 1.82) is 0 Å². The van der Waals surface area contributed by atoms with Gasteiger partial charge < -0.3 is 45.0 Å². The van der Waals surface area contributed by atoms with Crippen molar-refractivity contribution in [2.75, 3.05) is 28.3 Å². The quantitative estimate of drug-likeness (QED) is 0.0479. The molecule has 0 aromatic heterocycles. The van der Waals surface area contributed by atoms with Crippen molar-refractivity contribution < 1.29 is 68.9 Å². The molecule has 15 nitrogen and oxygen atoms in total. The van der Waals surface area contributed by atoms with Crippen LogP contribution in [0.15, 0.2) is 97.1 Å². The average Bonchev–Trinajstić information content (AvgIpc) is 3.26. The fourth-order valence-electron chi connectivity index (χ4n) is 5.48. The van der Waals surface area contributed by atoms with Crippen molar-refractivity contribution in [2.45, 2.75) is 20.1 Å². The zero-order valence-corrected chi connectivity index (χ0v) is 34.5. The van der Waals surface area contributed by atoms with Gasteiger partial charge in [0.05, 0.1) is 27.4 Å². The highest BCUT2D eigenvalue weighted by atomic mass is 16.5. The number of allylic oxidation sites excluding steroid dienone is 4. The zero-order chi connectivity index (χ0) is 46.1. The molecule has 4 aromatic carbocycles. The van der Waals surface area contributed by atoms with Gasteiger partial charge in [-0.2, -0.15) is 0 Å². The first kappa shape index (κ1) is 48.7. The largest absolute Gasteiger partial charge is 0.508 e. The summed E-state index contributed by atoms with van der Waals surface area (Å²) >= 11 is 0. The molecular weight excluding hydrogens is 803 g/mol. The number of phenolic OH excluding ortho intramolecular Hbond substituents is 2. The van der Waals surface area contributed by atoms with Crippen LogP contribution in [0.5, 0.6) is 28.7 Å². The second kappa shape index (κ2) is 23.2. The highest BCUT2D eigenvalue weighted by Gasteiger charge is 2.33. The number of phenols is 4. The van der Waals surface area contributed by atoms with E-state index in [1.807, 2.05) is 0 Å². The second-order valence-corrected chi connectivity index (χ2v) is 13.6. The Morgan fingerprint density at radius 3 is 1.29 bits per heavy atom. The lowest BCUT2D eigenvalue weighted by atomic mass is 9.95. The first-order valence-corrected chi connectivity index (χ1v) is 18.6. The lowest BCUT2D eigenvalue weighted by Gasteiger charge is -2.16. The highest BCUT2D eigenvalue weighted by Crippen LogP contribution is 2.27. The van der Waals surface area contributed by atoms with Crippen molar-refractivity contribution in [3.8, 4) is 28.7 Å². The molecule has 2 atom stereocenters. The molecule has 0 saturated carbocycles. The molecule has 4 rings (SSSR count). The van der Waals surface area contributed by atoms with Gasteiger partial charge in [0.15, 0.2) is 46.5 Å². The Hall–Kier alpha value is -7.62. The number of aliphatic hydroxyl groups is 2. The number of ether oxygens (including phenoxy) is 2. The smallest absolute Gasteiger partial charge is 0.324 e. The van der Waals surface area contributed by atoms with E-state index in [0.717, 1.165) is 25.3 Å². The van der Waals surface area contributed by atoms with Gasteiger partial charge in [-0.25, -0.2) is 0 Å². The summed E-state index contributed by atoms with van der Waals surface area (Å²) in [6.45, 7) is 0.952. The number of benzene rings is 4. The summed E-state index contributed by atoms with van der Waals surface area (Å²) in [5.74, 6) is -7.70. The van der Waals surface area contributed by atoms with Gasteiger partial charge in [-0.15, -0.1) is 0 Å². The van der Waals surface area contributed by atoms with Crippen LogP contribution in [0.4, 0.5) is 0 Å². The number of ketones is 4. The van der Waals surface area contributed by atoms with E-state index in [1.54, 1.807) is 19.1 Å². The Bertz CT molecular complexity index is 2350. The number of rotatable bonds is 17. The predicted molar refractivity (Wildman–Crippen MR) is 229 cm³/mol. The summed E-state index contributed by atoms with van der Waals surface area (Å²) in [4.78, 5) is 76.3. The van der Waals surface area contributed by atoms with E-state index in [9.17, 15) is 59.4 Å². The number of aryl methyl sites for hydroxylation is 1. The van der Waals surface area contributed by atoms with Crippen LogP contribution in [0, 0.1) is 18.8 Å². The molecule has 0 saturated heterocycles. The van der Waals surface area contributed by atoms with E-state index in [4.69, 9.17) is 4.74 Å². The van der Waals surface area contributed by atoms with Crippen molar-refractivity contribution in [3.63, 3.8) is 0 Å². The number of hydrogen-bond acceptors (Lipinski definition) is 14. The summed E-state index contributed by atoms with van der Waals surface area (Å²) in [6, 6.07) is 17.9. The van der Waals surface area contributed by atoms with Crippen LogP contribution in [-0.4, -0.2) is 98.9 Å². The number of hydrogen-bond donors (Lipinski definition) is 6. The zero-order valence-electron chi connectivity index (χ0n) is 34.5. The van der Waals surface area contributed by atoms with Gasteiger partial charge in [0.25, 0.3) is 0 Å². The second-order valence-electron chi connectivity index (χ2n) is 13.6. The van der Waals surface area contributed by atoms with Crippen LogP contribution in [-0.2, 0) is 46.7 Å². The Labute approximate surface area is 357 Å². The van der Waals surface area contributed by atoms with Crippen LogP contribution in [0.1, 0.15) is 38.9 Å². The van der Waals surface area contributed by atoms with Crippen molar-refractivity contribution in [2.24, 2.45) is 11.8 Å². The maximum Gasteiger partial charge on any atom is 0.324 e. The minimum Gasteiger partial charge on any atom is -0.508 e. The van der Waals surface area contributed by atoms with Gasteiger partial charge in [0.2, 0.25) is 5.91 Å². The number of methoxy groups -OCH3 is 2. The molecule has 0 spiro atoms. The number of carbonyl (C=O) groups is 6. The van der Waals surface area contributed by atoms with Crippen LogP contribution >= 0.6 is 0 Å². The Kier molecular flexibility index (Phi) is 18.3. The average molecular weight is 850 g/mol. The SMILES string of the molecule is COC(=O)C(C(=O)/C=C/c1ccc(O)c(CO)c1)C(=O)/C=C/c1ccc(O)c(OC)c1.Cc1cc(/C=C/C(=O)C(C(=O)/C=C/c2ccc(O)c(CO)c2)C(=O)N(C)C)ccc1O. The summed E-state index contributed by atoms with van der Waals surface area (Å²) in [5, 5.41) is 56.9. The number of esters is 1. The third-order valence-electron chi connectivity index (χ3n) is 9.00. The molecule has 1 amide bonds. The topological polar surface area (TPSA) is 245 Å². The number of nitrogens with zero attached hydrogens (tertiary/aromatic N) is 1. The van der Waals surface area contributed by atoms with Gasteiger partial charge in [-0.1, -0.05) is 48.6 Å². The standard InChI is InChI=1S/C24H25NO6.C23H22O8/c1-15-12-16(4-8-19(15)27)6-10-21(29)23(24(31)25(2)3)22(30)11-7-17-5-9-20(28)18(13-17)14-26;1-30-21-12-15(4-8-18(21)26)6-10-20(28)22(23(29)31-2)19(27)9-5-14-3-7-17(25)16(11-14)13-24/h4-13,23,26-28H,14H2,1-3H3;3-12,22,24-26H,13H2,1-2H3/b10-6+,11-7+;9-5+,10-6+. The molecular formula is C47H47NO14. The summed E-state index contributed by atoms with van der Waals surface area (Å²) < 4.78 is 9.59. The van der Waals surface area contributed by atoms with E-state index in [2.05, 4.69) is 4.74 Å². The maximum absolute atomic E-state index is 12.7. The first-order valence-electron chi connectivity index (χ1n) is 18.6. The molecule has 0 bridgehead atoms. The van der Waals surface area contributed by atoms with Crippen LogP contribution < -0.4 is 4.74 Å². The lowest BCUT2D eigenvalue weighted by molar-refractivity contribution is -0.151. The predicted octanol–water partition coefficient (Wildman–Crippen LogP) is 4.72. The third-order valence-corrected chi connectivity index (χ3v) is 9.00. The van der Waals surface area contributed by atoms with Crippen molar-refractivity contribution in [3.05, 3.63) is 136 Å². The van der Waals surface area contributed by atoms with Gasteiger partial charge in [0.1, 0.15) is 17.2 Å². The van der Waals surface area contributed by atoms with Gasteiger partial charge in [-0.05, 0) is 108 Å². The third kappa shape index (κ3) is 13.7. The van der Waals surface area contributed by atoms with Crippen molar-refractivity contribution in [1.82, 2.24) is 4.90 Å². The fourth-order valence-corrected chi connectivity index (χ4v) is 5.48. The van der Waals surface area contributed by atoms with Gasteiger partial charge in [-0.3, -0.25) is 28.8 Å². The lowest BCUT2D eigenvalue weighted by Crippen LogP contribution is -2.38. The number of aliphatic hydroxyl groups excluding tert-OH is 2. The molecule has 2 unspecified atom stereocenters. The van der Waals surface area contributed by atoms with E-state index in [0.29, 0.717) is 33.4 Å². The van der Waals surface area contributed by atoms with Crippen LogP contribution in [0.2, 0.25) is 0 Å². The van der Waals surface area contributed by atoms with E-state index in [1.165, 1.54) is 117 Å². The van der Waals surface area contributed by atoms with E-state index < -0.39 is 53.5 Å². The number of amides is 1. The molecule has 0 fully saturated rings. The molecule has 324 valence electrons. The van der Waals surface area contributed by atoms with Gasteiger partial charge in [0, 0.05) is 25.2 Å². The normalized spacial score (nSPS) is 12.2. The monoisotopic (exact) mass is 849 g/mol. The Morgan fingerprint density at radius 1 is 0.548 bits per heavy atom. The molecule has 6 N–H and O–H groups in total. The molecule has 0 aliphatic heterocycles. The maximum atomic E-state index is 12.7. The molecule has 0 aliphatic carbocycles. The molecule has 0 heterocycles. The number of carbonyl (C=O) groups excluding carboxylic acids is 6. The van der Waals surface area contributed by atoms with Crippen LogP contribution in [0.25, 0.3) is 24.3 Å². The highest BCUT2D eigenvalue weighted by molar-refractivity contribution is 6.26. The minimum atomic E-state index is -1.69. The molecule has 0 radical (unpaired) electrons. The van der Waals surface area contributed by atoms with Crippen molar-refractivity contribution >= 4 is 59.3 Å². The molecule has 4 aromatic rings. The Balaban J connectivity index is 0.000000330. The summed E-state index contributed by atoms with van der Waals surface area (Å²) in [7, 11) is 5.37. The first-order chi connectivity index (χ1) is 29.4. The fraction of sp³-hybridized carbons (Fsp3) is 0.191. The summed E-state index contributed by atoms with van der Waals surface area (Å²) in [6.07, 6.45) is 10.1. The Morgan fingerprint density at radius 2 is 0.919 bits per heavy atom. The minimum absolute atomic E-state index is 0.0719. The van der Waals surface area contributed by atoms with E-state index >= 15 is 0 Å². The molecule has 15 heteroatoms.